The molecule has 0 fully saturated rings. The number of carbonyl (C=O) groups is 1. The SMILES string of the molecule is Nc1nc(N)nc(N)n1.O=C(O)c1cc([N+](=O)[O-])cc([N+](=O)[O-])c1. The number of hydrogen-bond acceptors (Lipinski definition) is 11. The second-order valence-electron chi connectivity index (χ2n) is 3.97. The first-order valence-corrected chi connectivity index (χ1v) is 5.79. The molecule has 14 heteroatoms. The predicted molar refractivity (Wildman–Crippen MR) is 79.8 cm³/mol. The molecule has 0 amide bonds. The molecule has 0 bridgehead atoms. The molecule has 1 aromatic carbocycles. The van der Waals surface area contributed by atoms with Crippen molar-refractivity contribution in [3.63, 3.8) is 0 Å². The zero-order valence-corrected chi connectivity index (χ0v) is 11.7. The predicted octanol–water partition coefficient (Wildman–Crippen LogP) is -0.181. The minimum Gasteiger partial charge on any atom is -0.478 e. The van der Waals surface area contributed by atoms with Crippen molar-refractivity contribution < 1.29 is 19.7 Å². The van der Waals surface area contributed by atoms with Crippen LogP contribution in [0.25, 0.3) is 0 Å². The lowest BCUT2D eigenvalue weighted by molar-refractivity contribution is -0.394. The number of nitro benzene ring substituents is 2. The highest BCUT2D eigenvalue weighted by atomic mass is 16.6. The van der Waals surface area contributed by atoms with E-state index < -0.39 is 32.8 Å². The Hall–Kier alpha value is -4.10. The fourth-order valence-corrected chi connectivity index (χ4v) is 1.36. The first-order valence-electron chi connectivity index (χ1n) is 5.79. The minimum absolute atomic E-state index is 0.0417. The molecule has 0 saturated heterocycles. The molecule has 2 rings (SSSR count). The second kappa shape index (κ2) is 7.25. The van der Waals surface area contributed by atoms with E-state index in [4.69, 9.17) is 22.3 Å². The lowest BCUT2D eigenvalue weighted by Gasteiger charge is -1.96. The van der Waals surface area contributed by atoms with Gasteiger partial charge in [-0.1, -0.05) is 0 Å². The largest absolute Gasteiger partial charge is 0.478 e. The molecule has 1 aromatic heterocycles. The summed E-state index contributed by atoms with van der Waals surface area (Å²) in [7, 11) is 0. The van der Waals surface area contributed by atoms with E-state index in [1.807, 2.05) is 0 Å². The van der Waals surface area contributed by atoms with E-state index in [9.17, 15) is 25.0 Å². The number of nitrogen functional groups attached to an aromatic ring is 3. The molecule has 14 nitrogen and oxygen atoms in total. The molecule has 0 aliphatic heterocycles. The molecule has 0 aliphatic rings. The highest BCUT2D eigenvalue weighted by molar-refractivity contribution is 5.89. The molecular formula is C10H10N8O6. The zero-order chi connectivity index (χ0) is 18.4. The van der Waals surface area contributed by atoms with Gasteiger partial charge >= 0.3 is 5.97 Å². The minimum atomic E-state index is -1.46. The van der Waals surface area contributed by atoms with Crippen LogP contribution in [0.2, 0.25) is 0 Å². The van der Waals surface area contributed by atoms with Crippen LogP contribution in [0.3, 0.4) is 0 Å². The quantitative estimate of drug-likeness (QED) is 0.420. The molecule has 126 valence electrons. The summed E-state index contributed by atoms with van der Waals surface area (Å²) in [6.45, 7) is 0. The fourth-order valence-electron chi connectivity index (χ4n) is 1.36. The number of hydrogen-bond donors (Lipinski definition) is 4. The van der Waals surface area contributed by atoms with E-state index in [1.54, 1.807) is 0 Å². The van der Waals surface area contributed by atoms with Crippen LogP contribution in [0, 0.1) is 20.2 Å². The van der Waals surface area contributed by atoms with Crippen molar-refractivity contribution in [1.29, 1.82) is 0 Å². The van der Waals surface area contributed by atoms with Gasteiger partial charge in [0.05, 0.1) is 21.5 Å². The molecule has 0 unspecified atom stereocenters. The van der Waals surface area contributed by atoms with Crippen LogP contribution in [0.15, 0.2) is 18.2 Å². The van der Waals surface area contributed by atoms with Gasteiger partial charge in [0.2, 0.25) is 17.8 Å². The van der Waals surface area contributed by atoms with Crippen molar-refractivity contribution >= 4 is 35.2 Å². The number of benzene rings is 1. The molecule has 2 aromatic rings. The summed E-state index contributed by atoms with van der Waals surface area (Å²) in [5, 5.41) is 29.2. The molecule has 0 saturated carbocycles. The Kier molecular flexibility index (Phi) is 5.42. The van der Waals surface area contributed by atoms with Crippen molar-refractivity contribution in [2.45, 2.75) is 0 Å². The molecule has 7 N–H and O–H groups in total. The third-order valence-corrected chi connectivity index (χ3v) is 2.26. The van der Waals surface area contributed by atoms with Gasteiger partial charge in [-0.2, -0.15) is 15.0 Å². The third-order valence-electron chi connectivity index (χ3n) is 2.26. The van der Waals surface area contributed by atoms with Crippen LogP contribution in [-0.2, 0) is 0 Å². The van der Waals surface area contributed by atoms with Crippen LogP contribution in [0.4, 0.5) is 29.2 Å². The first kappa shape index (κ1) is 18.0. The first-order chi connectivity index (χ1) is 11.1. The van der Waals surface area contributed by atoms with Gasteiger partial charge in [0.15, 0.2) is 0 Å². The van der Waals surface area contributed by atoms with Crippen LogP contribution in [0.1, 0.15) is 10.4 Å². The van der Waals surface area contributed by atoms with Gasteiger partial charge in [-0.15, -0.1) is 0 Å². The van der Waals surface area contributed by atoms with Gasteiger partial charge in [0.25, 0.3) is 11.4 Å². The molecule has 0 spiro atoms. The summed E-state index contributed by atoms with van der Waals surface area (Å²) < 4.78 is 0. The Balaban J connectivity index is 0.000000272. The average molecular weight is 338 g/mol. The summed E-state index contributed by atoms with van der Waals surface area (Å²) in [4.78, 5) is 39.9. The van der Waals surface area contributed by atoms with Crippen molar-refractivity contribution in [2.75, 3.05) is 17.2 Å². The monoisotopic (exact) mass is 338 g/mol. The van der Waals surface area contributed by atoms with Crippen molar-refractivity contribution in [3.05, 3.63) is 44.0 Å². The number of aromatic carboxylic acids is 1. The highest BCUT2D eigenvalue weighted by Crippen LogP contribution is 2.22. The Labute approximate surface area is 132 Å². The Bertz CT molecular complexity index is 680. The topological polar surface area (TPSA) is 240 Å². The number of carboxylic acid groups (broad SMARTS) is 1. The number of nitrogens with two attached hydrogens (primary N) is 3. The standard InChI is InChI=1S/C7H4N2O6.C3H6N6/c10-7(11)4-1-5(8(12)13)3-6(2-4)9(14)15;4-1-7-2(5)9-3(6)8-1/h1-3H,(H,10,11);(H6,4,5,6,7,8,9). The van der Waals surface area contributed by atoms with Gasteiger partial charge in [-0.25, -0.2) is 4.79 Å². The normalized spacial score (nSPS) is 9.50. The van der Waals surface area contributed by atoms with E-state index in [0.29, 0.717) is 6.07 Å². The van der Waals surface area contributed by atoms with Gasteiger partial charge in [-0.3, -0.25) is 20.2 Å². The van der Waals surface area contributed by atoms with E-state index in [2.05, 4.69) is 15.0 Å². The summed E-state index contributed by atoms with van der Waals surface area (Å²) >= 11 is 0. The van der Waals surface area contributed by atoms with Crippen LogP contribution in [-0.4, -0.2) is 35.9 Å². The lowest BCUT2D eigenvalue weighted by Crippen LogP contribution is -2.05. The van der Waals surface area contributed by atoms with Gasteiger partial charge in [0.1, 0.15) is 0 Å². The van der Waals surface area contributed by atoms with Crippen LogP contribution in [0.5, 0.6) is 0 Å². The van der Waals surface area contributed by atoms with Gasteiger partial charge in [0, 0.05) is 12.1 Å². The smallest absolute Gasteiger partial charge is 0.336 e. The summed E-state index contributed by atoms with van der Waals surface area (Å²) in [6, 6.07) is 2.22. The second-order valence-corrected chi connectivity index (χ2v) is 3.97. The van der Waals surface area contributed by atoms with Gasteiger partial charge in [-0.05, 0) is 0 Å². The molecule has 24 heavy (non-hydrogen) atoms. The Morgan fingerprint density at radius 1 is 0.875 bits per heavy atom. The molecule has 1 heterocycles. The number of carboxylic acids is 1. The van der Waals surface area contributed by atoms with E-state index in [1.165, 1.54) is 0 Å². The summed E-state index contributed by atoms with van der Waals surface area (Å²) in [6.07, 6.45) is 0. The zero-order valence-electron chi connectivity index (χ0n) is 11.7. The van der Waals surface area contributed by atoms with Crippen molar-refractivity contribution in [1.82, 2.24) is 15.0 Å². The van der Waals surface area contributed by atoms with Crippen molar-refractivity contribution in [3.8, 4) is 0 Å². The fraction of sp³-hybridized carbons (Fsp3) is 0. The third kappa shape index (κ3) is 5.02. The maximum absolute atomic E-state index is 10.5. The Morgan fingerprint density at radius 3 is 1.46 bits per heavy atom. The molecular weight excluding hydrogens is 328 g/mol. The number of aromatic nitrogens is 3. The summed E-state index contributed by atoms with van der Waals surface area (Å²) in [5.74, 6) is -1.33. The number of nitrogens with zero attached hydrogens (tertiary/aromatic N) is 5. The molecule has 0 atom stereocenters. The van der Waals surface area contributed by atoms with Crippen LogP contribution < -0.4 is 17.2 Å². The van der Waals surface area contributed by atoms with E-state index in [-0.39, 0.29) is 17.8 Å². The van der Waals surface area contributed by atoms with Crippen LogP contribution >= 0.6 is 0 Å². The highest BCUT2D eigenvalue weighted by Gasteiger charge is 2.19. The Morgan fingerprint density at radius 2 is 1.21 bits per heavy atom. The number of non-ortho nitro benzene ring substituents is 2. The number of rotatable bonds is 3. The molecule has 0 aliphatic carbocycles. The number of nitro groups is 2. The van der Waals surface area contributed by atoms with Crippen molar-refractivity contribution in [2.24, 2.45) is 0 Å². The molecule has 0 radical (unpaired) electrons. The van der Waals surface area contributed by atoms with Gasteiger partial charge < -0.3 is 22.3 Å². The number of anilines is 3. The maximum atomic E-state index is 10.5. The van der Waals surface area contributed by atoms with E-state index in [0.717, 1.165) is 12.1 Å². The lowest BCUT2D eigenvalue weighted by atomic mass is 10.2. The maximum Gasteiger partial charge on any atom is 0.336 e. The van der Waals surface area contributed by atoms with E-state index >= 15 is 0 Å². The summed E-state index contributed by atoms with van der Waals surface area (Å²) in [5.41, 5.74) is 13.7. The average Bonchev–Trinajstić information content (AvgIpc) is 2.45.